The van der Waals surface area contributed by atoms with E-state index in [9.17, 15) is 9.90 Å². The molecule has 0 saturated heterocycles. The molecule has 1 unspecified atom stereocenters. The maximum Gasteiger partial charge on any atom is 0.317 e. The highest BCUT2D eigenvalue weighted by atomic mass is 16.5. The molecule has 0 heterocycles. The lowest BCUT2D eigenvalue weighted by molar-refractivity contribution is -0.146. The summed E-state index contributed by atoms with van der Waals surface area (Å²) in [6.45, 7) is 0.818. The molecule has 1 aromatic carbocycles. The highest BCUT2D eigenvalue weighted by Gasteiger charge is 2.40. The predicted octanol–water partition coefficient (Wildman–Crippen LogP) is 1.39. The van der Waals surface area contributed by atoms with Gasteiger partial charge in [0.05, 0.1) is 6.61 Å². The third kappa shape index (κ3) is 2.71. The van der Waals surface area contributed by atoms with E-state index in [1.807, 2.05) is 18.2 Å². The molecule has 0 amide bonds. The van der Waals surface area contributed by atoms with Crippen molar-refractivity contribution in [2.45, 2.75) is 18.3 Å². The van der Waals surface area contributed by atoms with Crippen LogP contribution in [0.25, 0.3) is 0 Å². The molecule has 4 heteroatoms. The van der Waals surface area contributed by atoms with Crippen molar-refractivity contribution in [1.29, 1.82) is 0 Å². The number of carboxylic acid groups (broad SMARTS) is 1. The Morgan fingerprint density at radius 1 is 1.39 bits per heavy atom. The molecule has 0 radical (unpaired) electrons. The highest BCUT2D eigenvalue weighted by Crippen LogP contribution is 2.30. The van der Waals surface area contributed by atoms with Gasteiger partial charge in [-0.1, -0.05) is 30.3 Å². The van der Waals surface area contributed by atoms with Gasteiger partial charge >= 0.3 is 5.97 Å². The van der Waals surface area contributed by atoms with Gasteiger partial charge in [-0.3, -0.25) is 4.79 Å². The van der Waals surface area contributed by atoms with Crippen LogP contribution in [0.15, 0.2) is 30.3 Å². The average molecular weight is 249 g/mol. The standard InChI is InChI=1S/C14H19NO3/c15-9-14(13(16)17,10-18-8-11-6-7-11)12-4-2-1-3-5-12/h1-5,11H,6-10,15H2,(H,16,17). The van der Waals surface area contributed by atoms with Crippen molar-refractivity contribution >= 4 is 5.97 Å². The van der Waals surface area contributed by atoms with Crippen LogP contribution in [0.1, 0.15) is 18.4 Å². The zero-order chi connectivity index (χ0) is 13.0. The summed E-state index contributed by atoms with van der Waals surface area (Å²) >= 11 is 0. The van der Waals surface area contributed by atoms with Crippen LogP contribution in [0.2, 0.25) is 0 Å². The van der Waals surface area contributed by atoms with Crippen LogP contribution in [0, 0.1) is 5.92 Å². The van der Waals surface area contributed by atoms with E-state index in [4.69, 9.17) is 10.5 Å². The second-order valence-corrected chi connectivity index (χ2v) is 4.92. The van der Waals surface area contributed by atoms with Crippen molar-refractivity contribution < 1.29 is 14.6 Å². The Hall–Kier alpha value is -1.39. The van der Waals surface area contributed by atoms with Crippen LogP contribution in [-0.2, 0) is 14.9 Å². The Morgan fingerprint density at radius 3 is 2.56 bits per heavy atom. The fourth-order valence-corrected chi connectivity index (χ4v) is 1.97. The molecule has 1 saturated carbocycles. The number of ether oxygens (including phenoxy) is 1. The Morgan fingerprint density at radius 2 is 2.06 bits per heavy atom. The van der Waals surface area contributed by atoms with Crippen molar-refractivity contribution in [2.24, 2.45) is 11.7 Å². The van der Waals surface area contributed by atoms with Gasteiger partial charge in [0.15, 0.2) is 0 Å². The first-order valence-corrected chi connectivity index (χ1v) is 6.26. The molecule has 98 valence electrons. The lowest BCUT2D eigenvalue weighted by atomic mass is 9.81. The third-order valence-corrected chi connectivity index (χ3v) is 3.48. The first-order chi connectivity index (χ1) is 8.69. The maximum absolute atomic E-state index is 11.6. The van der Waals surface area contributed by atoms with Crippen LogP contribution < -0.4 is 5.73 Å². The fraction of sp³-hybridized carbons (Fsp3) is 0.500. The number of benzene rings is 1. The van der Waals surface area contributed by atoms with Crippen LogP contribution in [0.4, 0.5) is 0 Å². The first kappa shape index (κ1) is 13.1. The molecule has 3 N–H and O–H groups in total. The number of hydrogen-bond donors (Lipinski definition) is 2. The number of carbonyl (C=O) groups is 1. The minimum atomic E-state index is -1.13. The molecule has 18 heavy (non-hydrogen) atoms. The molecule has 1 atom stereocenters. The largest absolute Gasteiger partial charge is 0.480 e. The predicted molar refractivity (Wildman–Crippen MR) is 68.4 cm³/mol. The van der Waals surface area contributed by atoms with E-state index in [1.54, 1.807) is 12.1 Å². The molecule has 0 aliphatic heterocycles. The smallest absolute Gasteiger partial charge is 0.317 e. The molecule has 1 aliphatic carbocycles. The van der Waals surface area contributed by atoms with Crippen LogP contribution >= 0.6 is 0 Å². The molecule has 2 rings (SSSR count). The zero-order valence-electron chi connectivity index (χ0n) is 10.3. The second-order valence-electron chi connectivity index (χ2n) is 4.92. The van der Waals surface area contributed by atoms with E-state index in [1.165, 1.54) is 12.8 Å². The Labute approximate surface area is 107 Å². The summed E-state index contributed by atoms with van der Waals surface area (Å²) in [5.41, 5.74) is 5.29. The molecular formula is C14H19NO3. The van der Waals surface area contributed by atoms with Gasteiger partial charge in [-0.2, -0.15) is 0 Å². The summed E-state index contributed by atoms with van der Waals surface area (Å²) in [5.74, 6) is -0.308. The number of rotatable bonds is 7. The van der Waals surface area contributed by atoms with Crippen LogP contribution in [0.3, 0.4) is 0 Å². The van der Waals surface area contributed by atoms with Gasteiger partial charge in [-0.25, -0.2) is 0 Å². The van der Waals surface area contributed by atoms with Crippen molar-refractivity contribution in [3.63, 3.8) is 0 Å². The summed E-state index contributed by atoms with van der Waals surface area (Å²) in [7, 11) is 0. The number of carboxylic acids is 1. The van der Waals surface area contributed by atoms with Crippen molar-refractivity contribution in [1.82, 2.24) is 0 Å². The SMILES string of the molecule is NCC(COCC1CC1)(C(=O)O)c1ccccc1. The first-order valence-electron chi connectivity index (χ1n) is 6.26. The van der Waals surface area contributed by atoms with Gasteiger partial charge < -0.3 is 15.6 Å². The van der Waals surface area contributed by atoms with E-state index in [0.717, 1.165) is 0 Å². The van der Waals surface area contributed by atoms with Gasteiger partial charge in [0.25, 0.3) is 0 Å². The number of aliphatic carboxylic acids is 1. The van der Waals surface area contributed by atoms with Crippen molar-refractivity contribution in [3.05, 3.63) is 35.9 Å². The van der Waals surface area contributed by atoms with E-state index < -0.39 is 11.4 Å². The zero-order valence-corrected chi connectivity index (χ0v) is 10.3. The third-order valence-electron chi connectivity index (χ3n) is 3.48. The molecule has 1 fully saturated rings. The summed E-state index contributed by atoms with van der Waals surface area (Å²) in [4.78, 5) is 11.6. The normalized spacial score (nSPS) is 18.3. The monoisotopic (exact) mass is 249 g/mol. The van der Waals surface area contributed by atoms with Crippen LogP contribution in [0.5, 0.6) is 0 Å². The number of hydrogen-bond acceptors (Lipinski definition) is 3. The van der Waals surface area contributed by atoms with Gasteiger partial charge in [-0.15, -0.1) is 0 Å². The van der Waals surface area contributed by atoms with Crippen LogP contribution in [-0.4, -0.2) is 30.8 Å². The summed E-state index contributed by atoms with van der Waals surface area (Å²) in [6.07, 6.45) is 2.38. The van der Waals surface area contributed by atoms with Crippen molar-refractivity contribution in [2.75, 3.05) is 19.8 Å². The minimum Gasteiger partial charge on any atom is -0.480 e. The topological polar surface area (TPSA) is 72.5 Å². The van der Waals surface area contributed by atoms with E-state index in [2.05, 4.69) is 0 Å². The lowest BCUT2D eigenvalue weighted by Gasteiger charge is -2.28. The molecule has 1 aliphatic rings. The van der Waals surface area contributed by atoms with Crippen molar-refractivity contribution in [3.8, 4) is 0 Å². The molecular weight excluding hydrogens is 230 g/mol. The van der Waals surface area contributed by atoms with E-state index in [-0.39, 0.29) is 13.2 Å². The maximum atomic E-state index is 11.6. The Balaban J connectivity index is 2.13. The molecule has 1 aromatic rings. The minimum absolute atomic E-state index is 0.0387. The molecule has 0 aromatic heterocycles. The second kappa shape index (κ2) is 5.50. The molecule has 4 nitrogen and oxygen atoms in total. The molecule has 0 spiro atoms. The quantitative estimate of drug-likeness (QED) is 0.766. The lowest BCUT2D eigenvalue weighted by Crippen LogP contribution is -2.47. The highest BCUT2D eigenvalue weighted by molar-refractivity contribution is 5.82. The van der Waals surface area contributed by atoms with Gasteiger partial charge in [0.2, 0.25) is 0 Å². The summed E-state index contributed by atoms with van der Waals surface area (Å²) in [5, 5.41) is 9.50. The van der Waals surface area contributed by atoms with Gasteiger partial charge in [-0.05, 0) is 24.3 Å². The summed E-state index contributed by atoms with van der Waals surface area (Å²) < 4.78 is 5.57. The molecule has 0 bridgehead atoms. The Bertz CT molecular complexity index is 403. The van der Waals surface area contributed by atoms with Gasteiger partial charge in [0.1, 0.15) is 5.41 Å². The Kier molecular flexibility index (Phi) is 3.99. The fourth-order valence-electron chi connectivity index (χ4n) is 1.97. The average Bonchev–Trinajstić information content (AvgIpc) is 3.20. The summed E-state index contributed by atoms with van der Waals surface area (Å²) in [6, 6.07) is 9.09. The van der Waals surface area contributed by atoms with Gasteiger partial charge in [0, 0.05) is 13.2 Å². The van der Waals surface area contributed by atoms with E-state index >= 15 is 0 Å². The number of nitrogens with two attached hydrogens (primary N) is 1. The van der Waals surface area contributed by atoms with E-state index in [0.29, 0.717) is 18.1 Å².